The maximum atomic E-state index is 13.9. The Kier molecular flexibility index (Phi) is 6.27. The van der Waals surface area contributed by atoms with Crippen molar-refractivity contribution < 1.29 is 13.2 Å². The molecule has 0 aliphatic heterocycles. The minimum Gasteiger partial charge on any atom is -0.478 e. The fourth-order valence-corrected chi connectivity index (χ4v) is 4.71. The number of ether oxygens (including phenoxy) is 1. The second kappa shape index (κ2) is 9.40. The molecule has 0 spiro atoms. The number of hydrogen-bond acceptors (Lipinski definition) is 6. The first-order valence-electron chi connectivity index (χ1n) is 11.3. The van der Waals surface area contributed by atoms with E-state index in [2.05, 4.69) is 10.1 Å². The standard InChI is InChI=1S/C26H23ClN4O4S/c1-3-35-23-11-6-18-16-31(26(32)24(25(18)28-23)17-4-7-20(27)8-5-17)21-9-10-22-19(14-21)15-30(29-22)12-13-36(2,33)34/h4-11,14-16H,3,12-13H2,1-2H3. The van der Waals surface area contributed by atoms with Gasteiger partial charge in [0.1, 0.15) is 9.84 Å². The Bertz CT molecular complexity index is 1760. The number of sulfone groups is 1. The number of pyridine rings is 2. The summed E-state index contributed by atoms with van der Waals surface area (Å²) >= 11 is 6.10. The molecule has 36 heavy (non-hydrogen) atoms. The van der Waals surface area contributed by atoms with Gasteiger partial charge < -0.3 is 4.74 Å². The van der Waals surface area contributed by atoms with Crippen molar-refractivity contribution in [1.29, 1.82) is 0 Å². The zero-order valence-corrected chi connectivity index (χ0v) is 21.3. The largest absolute Gasteiger partial charge is 0.478 e. The van der Waals surface area contributed by atoms with Crippen molar-refractivity contribution in [1.82, 2.24) is 19.3 Å². The van der Waals surface area contributed by atoms with Crippen LogP contribution >= 0.6 is 11.6 Å². The van der Waals surface area contributed by atoms with Crippen molar-refractivity contribution in [3.05, 3.63) is 82.4 Å². The van der Waals surface area contributed by atoms with Crippen LogP contribution < -0.4 is 10.3 Å². The fraction of sp³-hybridized carbons (Fsp3) is 0.192. The molecular formula is C26H23ClN4O4S. The smallest absolute Gasteiger partial charge is 0.265 e. The average Bonchev–Trinajstić information content (AvgIpc) is 3.25. The summed E-state index contributed by atoms with van der Waals surface area (Å²) in [5.41, 5.74) is 2.80. The molecule has 0 fully saturated rings. The molecule has 0 unspecified atom stereocenters. The summed E-state index contributed by atoms with van der Waals surface area (Å²) in [6, 6.07) is 16.2. The third kappa shape index (κ3) is 4.84. The predicted molar refractivity (Wildman–Crippen MR) is 142 cm³/mol. The zero-order chi connectivity index (χ0) is 25.4. The van der Waals surface area contributed by atoms with E-state index in [4.69, 9.17) is 16.3 Å². The van der Waals surface area contributed by atoms with E-state index in [9.17, 15) is 13.2 Å². The van der Waals surface area contributed by atoms with Gasteiger partial charge in [-0.25, -0.2) is 13.4 Å². The highest BCUT2D eigenvalue weighted by Crippen LogP contribution is 2.28. The van der Waals surface area contributed by atoms with Gasteiger partial charge in [-0.15, -0.1) is 0 Å². The molecule has 0 aliphatic carbocycles. The Morgan fingerprint density at radius 2 is 1.78 bits per heavy atom. The fourth-order valence-electron chi connectivity index (χ4n) is 4.06. The molecule has 0 saturated carbocycles. The van der Waals surface area contributed by atoms with Gasteiger partial charge in [0.2, 0.25) is 5.88 Å². The Labute approximate surface area is 212 Å². The highest BCUT2D eigenvalue weighted by molar-refractivity contribution is 7.90. The summed E-state index contributed by atoms with van der Waals surface area (Å²) in [5, 5.41) is 6.59. The van der Waals surface area contributed by atoms with Crippen molar-refractivity contribution >= 4 is 43.2 Å². The van der Waals surface area contributed by atoms with Crippen molar-refractivity contribution in [2.75, 3.05) is 18.6 Å². The van der Waals surface area contributed by atoms with Gasteiger partial charge in [0.25, 0.3) is 5.56 Å². The molecular weight excluding hydrogens is 500 g/mol. The minimum absolute atomic E-state index is 0.000829. The molecule has 2 aromatic carbocycles. The third-order valence-electron chi connectivity index (χ3n) is 5.77. The maximum absolute atomic E-state index is 13.9. The lowest BCUT2D eigenvalue weighted by atomic mass is 10.0. The predicted octanol–water partition coefficient (Wildman–Crippen LogP) is 4.50. The molecule has 0 aliphatic rings. The van der Waals surface area contributed by atoms with Gasteiger partial charge in [0.15, 0.2) is 0 Å². The molecule has 5 aromatic rings. The molecule has 5 rings (SSSR count). The summed E-state index contributed by atoms with van der Waals surface area (Å²) in [6.07, 6.45) is 4.74. The maximum Gasteiger partial charge on any atom is 0.265 e. The van der Waals surface area contributed by atoms with E-state index < -0.39 is 9.84 Å². The van der Waals surface area contributed by atoms with Crippen LogP contribution in [0.1, 0.15) is 6.92 Å². The summed E-state index contributed by atoms with van der Waals surface area (Å²) in [4.78, 5) is 18.5. The van der Waals surface area contributed by atoms with Gasteiger partial charge in [0.05, 0.1) is 35.5 Å². The van der Waals surface area contributed by atoms with Crippen molar-refractivity contribution in [3.8, 4) is 22.7 Å². The summed E-state index contributed by atoms with van der Waals surface area (Å²) < 4.78 is 31.8. The Hall–Kier alpha value is -3.69. The Balaban J connectivity index is 1.67. The number of nitrogens with zero attached hydrogens (tertiary/aromatic N) is 4. The lowest BCUT2D eigenvalue weighted by molar-refractivity contribution is 0.328. The average molecular weight is 523 g/mol. The van der Waals surface area contributed by atoms with E-state index in [0.717, 1.165) is 10.8 Å². The van der Waals surface area contributed by atoms with Crippen LogP contribution in [0.3, 0.4) is 0 Å². The van der Waals surface area contributed by atoms with E-state index >= 15 is 0 Å². The number of hydrogen-bond donors (Lipinski definition) is 0. The topological polar surface area (TPSA) is 96.1 Å². The molecule has 10 heteroatoms. The normalized spacial score (nSPS) is 11.9. The van der Waals surface area contributed by atoms with Crippen LogP contribution in [0.25, 0.3) is 38.6 Å². The molecule has 0 bridgehead atoms. The molecule has 3 aromatic heterocycles. The van der Waals surface area contributed by atoms with Crippen LogP contribution in [-0.2, 0) is 16.4 Å². The third-order valence-corrected chi connectivity index (χ3v) is 6.94. The monoisotopic (exact) mass is 522 g/mol. The van der Waals surface area contributed by atoms with Gasteiger partial charge in [-0.1, -0.05) is 23.7 Å². The highest BCUT2D eigenvalue weighted by Gasteiger charge is 2.16. The van der Waals surface area contributed by atoms with E-state index in [1.807, 2.05) is 31.2 Å². The minimum atomic E-state index is -3.11. The quantitative estimate of drug-likeness (QED) is 0.312. The lowest BCUT2D eigenvalue weighted by Gasteiger charge is -2.13. The molecule has 3 heterocycles. The van der Waals surface area contributed by atoms with Crippen LogP contribution in [0.15, 0.2) is 71.8 Å². The van der Waals surface area contributed by atoms with Crippen molar-refractivity contribution in [2.24, 2.45) is 0 Å². The molecule has 0 saturated heterocycles. The van der Waals surface area contributed by atoms with Crippen LogP contribution in [-0.4, -0.2) is 46.4 Å². The van der Waals surface area contributed by atoms with Crippen LogP contribution in [0.4, 0.5) is 0 Å². The second-order valence-corrected chi connectivity index (χ2v) is 11.2. The first-order chi connectivity index (χ1) is 17.2. The molecule has 0 amide bonds. The van der Waals surface area contributed by atoms with Crippen molar-refractivity contribution in [3.63, 3.8) is 0 Å². The molecule has 0 N–H and O–H groups in total. The number of fused-ring (bicyclic) bond motifs is 2. The number of halogens is 1. The zero-order valence-electron chi connectivity index (χ0n) is 19.7. The van der Waals surface area contributed by atoms with E-state index in [-0.39, 0.29) is 17.9 Å². The SMILES string of the molecule is CCOc1ccc2cn(-c3ccc4nn(CCS(C)(=O)=O)cc4c3)c(=O)c(-c3ccc(Cl)cc3)c2n1. The van der Waals surface area contributed by atoms with Crippen molar-refractivity contribution in [2.45, 2.75) is 13.5 Å². The van der Waals surface area contributed by atoms with Gasteiger partial charge >= 0.3 is 0 Å². The van der Waals surface area contributed by atoms with E-state index in [0.29, 0.717) is 45.4 Å². The number of aromatic nitrogens is 4. The van der Waals surface area contributed by atoms with Gasteiger partial charge in [-0.2, -0.15) is 5.10 Å². The molecule has 8 nitrogen and oxygen atoms in total. The highest BCUT2D eigenvalue weighted by atomic mass is 35.5. The first-order valence-corrected chi connectivity index (χ1v) is 13.8. The van der Waals surface area contributed by atoms with Crippen LogP contribution in [0, 0.1) is 0 Å². The van der Waals surface area contributed by atoms with E-state index in [1.54, 1.807) is 52.0 Å². The molecule has 0 radical (unpaired) electrons. The van der Waals surface area contributed by atoms with Crippen LogP contribution in [0.5, 0.6) is 5.88 Å². The lowest BCUT2D eigenvalue weighted by Crippen LogP contribution is -2.20. The molecule has 0 atom stereocenters. The number of rotatable bonds is 7. The number of benzene rings is 2. The molecule has 184 valence electrons. The van der Waals surface area contributed by atoms with Crippen LogP contribution in [0.2, 0.25) is 5.02 Å². The summed E-state index contributed by atoms with van der Waals surface area (Å²) in [6.45, 7) is 2.60. The first kappa shape index (κ1) is 24.0. The van der Waals surface area contributed by atoms with Gasteiger partial charge in [-0.05, 0) is 48.9 Å². The van der Waals surface area contributed by atoms with Gasteiger partial charge in [0, 0.05) is 46.2 Å². The second-order valence-electron chi connectivity index (χ2n) is 8.47. The summed E-state index contributed by atoms with van der Waals surface area (Å²) in [5.74, 6) is 0.444. The van der Waals surface area contributed by atoms with Gasteiger partial charge in [-0.3, -0.25) is 14.0 Å². The summed E-state index contributed by atoms with van der Waals surface area (Å²) in [7, 11) is -3.11. The number of aryl methyl sites for hydroxylation is 1. The van der Waals surface area contributed by atoms with E-state index in [1.165, 1.54) is 6.26 Å². The Morgan fingerprint density at radius 3 is 2.50 bits per heavy atom. The Morgan fingerprint density at radius 1 is 1.00 bits per heavy atom.